The number of methoxy groups -OCH3 is 1. The number of amides is 1. The van der Waals surface area contributed by atoms with Crippen LogP contribution < -0.4 is 10.1 Å². The van der Waals surface area contributed by atoms with Crippen molar-refractivity contribution in [3.05, 3.63) is 29.8 Å². The van der Waals surface area contributed by atoms with E-state index < -0.39 is 11.5 Å². The highest BCUT2D eigenvalue weighted by Crippen LogP contribution is 2.28. The molecular weight excluding hydrogens is 286 g/mol. The van der Waals surface area contributed by atoms with Gasteiger partial charge in [-0.05, 0) is 31.5 Å². The highest BCUT2D eigenvalue weighted by atomic mass is 16.5. The molecular formula is C16H23NO5. The normalized spacial score (nSPS) is 13.2. The molecule has 0 aliphatic carbocycles. The second kappa shape index (κ2) is 8.38. The smallest absolute Gasteiger partial charge is 0.306 e. The molecule has 1 aromatic carbocycles. The van der Waals surface area contributed by atoms with Crippen LogP contribution in [0.1, 0.15) is 32.3 Å². The lowest BCUT2D eigenvalue weighted by molar-refractivity contribution is -0.139. The van der Waals surface area contributed by atoms with Crippen LogP contribution in [-0.4, -0.2) is 37.3 Å². The van der Waals surface area contributed by atoms with E-state index in [2.05, 4.69) is 5.32 Å². The molecule has 0 aliphatic heterocycles. The maximum atomic E-state index is 12.0. The van der Waals surface area contributed by atoms with Gasteiger partial charge in [0.1, 0.15) is 5.75 Å². The monoisotopic (exact) mass is 309 g/mol. The lowest BCUT2D eigenvalue weighted by Gasteiger charge is -2.30. The fourth-order valence-corrected chi connectivity index (χ4v) is 2.17. The van der Waals surface area contributed by atoms with Gasteiger partial charge in [-0.2, -0.15) is 0 Å². The van der Waals surface area contributed by atoms with Crippen LogP contribution in [0.5, 0.6) is 5.75 Å². The molecule has 0 saturated carbocycles. The van der Waals surface area contributed by atoms with Gasteiger partial charge in [0, 0.05) is 13.0 Å². The van der Waals surface area contributed by atoms with Crippen molar-refractivity contribution in [1.29, 1.82) is 0 Å². The average Bonchev–Trinajstić information content (AvgIpc) is 2.46. The van der Waals surface area contributed by atoms with E-state index in [4.69, 9.17) is 14.6 Å². The lowest BCUT2D eigenvalue weighted by atomic mass is 9.88. The molecule has 1 unspecified atom stereocenters. The van der Waals surface area contributed by atoms with Crippen molar-refractivity contribution < 1.29 is 24.2 Å². The molecule has 0 saturated heterocycles. The predicted molar refractivity (Wildman–Crippen MR) is 81.9 cm³/mol. The van der Waals surface area contributed by atoms with Crippen molar-refractivity contribution in [2.24, 2.45) is 0 Å². The highest BCUT2D eigenvalue weighted by Gasteiger charge is 2.31. The number of aliphatic carboxylic acids is 1. The second-order valence-corrected chi connectivity index (χ2v) is 5.13. The van der Waals surface area contributed by atoms with Crippen molar-refractivity contribution in [2.45, 2.75) is 32.2 Å². The van der Waals surface area contributed by atoms with E-state index in [1.807, 2.05) is 6.92 Å². The highest BCUT2D eigenvalue weighted by molar-refractivity contribution is 5.78. The van der Waals surface area contributed by atoms with Gasteiger partial charge in [0.25, 0.3) is 0 Å². The summed E-state index contributed by atoms with van der Waals surface area (Å²) >= 11 is 0. The van der Waals surface area contributed by atoms with E-state index in [9.17, 15) is 9.59 Å². The minimum absolute atomic E-state index is 0.188. The summed E-state index contributed by atoms with van der Waals surface area (Å²) in [6.07, 6.45) is -0.0342. The van der Waals surface area contributed by atoms with E-state index >= 15 is 0 Å². The maximum Gasteiger partial charge on any atom is 0.306 e. The summed E-state index contributed by atoms with van der Waals surface area (Å²) in [7, 11) is 1.54. The first-order valence-electron chi connectivity index (χ1n) is 7.16. The van der Waals surface area contributed by atoms with Crippen LogP contribution in [0, 0.1) is 0 Å². The molecule has 22 heavy (non-hydrogen) atoms. The van der Waals surface area contributed by atoms with Crippen molar-refractivity contribution in [1.82, 2.24) is 5.32 Å². The molecule has 1 amide bonds. The van der Waals surface area contributed by atoms with Crippen LogP contribution >= 0.6 is 0 Å². The molecule has 0 bridgehead atoms. The van der Waals surface area contributed by atoms with Gasteiger partial charge in [0.05, 0.1) is 25.7 Å². The summed E-state index contributed by atoms with van der Waals surface area (Å²) in [5, 5.41) is 12.0. The molecule has 0 heterocycles. The summed E-state index contributed by atoms with van der Waals surface area (Å²) in [5.74, 6) is -0.631. The lowest BCUT2D eigenvalue weighted by Crippen LogP contribution is -2.45. The van der Waals surface area contributed by atoms with Crippen molar-refractivity contribution in [3.8, 4) is 5.75 Å². The Morgan fingerprint density at radius 1 is 1.36 bits per heavy atom. The van der Waals surface area contributed by atoms with Crippen LogP contribution in [0.3, 0.4) is 0 Å². The quantitative estimate of drug-likeness (QED) is 0.681. The van der Waals surface area contributed by atoms with E-state index in [0.717, 1.165) is 0 Å². The first-order chi connectivity index (χ1) is 10.4. The van der Waals surface area contributed by atoms with Gasteiger partial charge in [-0.3, -0.25) is 9.59 Å². The van der Waals surface area contributed by atoms with Gasteiger partial charge >= 0.3 is 5.97 Å². The standard InChI is InChI=1S/C16H23NO5/c1-4-22-9-8-14(18)17-16(2,11-15(19)20)12-6-5-7-13(10-12)21-3/h5-7,10H,4,8-9,11H2,1-3H3,(H,17,18)(H,19,20). The Morgan fingerprint density at radius 3 is 2.68 bits per heavy atom. The number of nitrogens with one attached hydrogen (secondary N) is 1. The molecule has 1 rings (SSSR count). The van der Waals surface area contributed by atoms with Gasteiger partial charge < -0.3 is 19.9 Å². The Balaban J connectivity index is 2.93. The molecule has 1 atom stereocenters. The molecule has 6 nitrogen and oxygen atoms in total. The van der Waals surface area contributed by atoms with Crippen LogP contribution in [0.15, 0.2) is 24.3 Å². The first-order valence-corrected chi connectivity index (χ1v) is 7.16. The summed E-state index contributed by atoms with van der Waals surface area (Å²) in [6, 6.07) is 7.03. The number of hydrogen-bond acceptors (Lipinski definition) is 4. The van der Waals surface area contributed by atoms with E-state index in [1.165, 1.54) is 7.11 Å². The summed E-state index contributed by atoms with van der Waals surface area (Å²) in [5.41, 5.74) is -0.331. The molecule has 0 fully saturated rings. The Morgan fingerprint density at radius 2 is 2.09 bits per heavy atom. The second-order valence-electron chi connectivity index (χ2n) is 5.13. The number of hydrogen-bond donors (Lipinski definition) is 2. The summed E-state index contributed by atoms with van der Waals surface area (Å²) < 4.78 is 10.3. The molecule has 0 aromatic heterocycles. The SMILES string of the molecule is CCOCCC(=O)NC(C)(CC(=O)O)c1cccc(OC)c1. The zero-order chi connectivity index (χ0) is 16.6. The Kier molecular flexibility index (Phi) is 6.85. The zero-order valence-electron chi connectivity index (χ0n) is 13.2. The third-order valence-electron chi connectivity index (χ3n) is 3.30. The first kappa shape index (κ1) is 18.0. The van der Waals surface area contributed by atoms with E-state index in [-0.39, 0.29) is 18.7 Å². The van der Waals surface area contributed by atoms with Gasteiger partial charge in [-0.1, -0.05) is 12.1 Å². The van der Waals surface area contributed by atoms with Crippen molar-refractivity contribution in [2.75, 3.05) is 20.3 Å². The van der Waals surface area contributed by atoms with E-state index in [1.54, 1.807) is 31.2 Å². The summed E-state index contributed by atoms with van der Waals surface area (Å²) in [4.78, 5) is 23.2. The summed E-state index contributed by atoms with van der Waals surface area (Å²) in [6.45, 7) is 4.39. The van der Waals surface area contributed by atoms with Gasteiger partial charge in [0.15, 0.2) is 0 Å². The Labute approximate surface area is 130 Å². The van der Waals surface area contributed by atoms with Gasteiger partial charge in [-0.15, -0.1) is 0 Å². The molecule has 1 aromatic rings. The number of ether oxygens (including phenoxy) is 2. The zero-order valence-corrected chi connectivity index (χ0v) is 13.2. The molecule has 122 valence electrons. The van der Waals surface area contributed by atoms with Gasteiger partial charge in [-0.25, -0.2) is 0 Å². The Bertz CT molecular complexity index is 517. The van der Waals surface area contributed by atoms with Crippen LogP contribution in [0.2, 0.25) is 0 Å². The number of benzene rings is 1. The number of carbonyl (C=O) groups is 2. The molecule has 2 N–H and O–H groups in total. The van der Waals surface area contributed by atoms with Crippen molar-refractivity contribution in [3.63, 3.8) is 0 Å². The largest absolute Gasteiger partial charge is 0.497 e. The fraction of sp³-hybridized carbons (Fsp3) is 0.500. The van der Waals surface area contributed by atoms with E-state index in [0.29, 0.717) is 24.5 Å². The topological polar surface area (TPSA) is 84.9 Å². The number of rotatable bonds is 9. The predicted octanol–water partition coefficient (Wildman–Crippen LogP) is 1.93. The minimum atomic E-state index is -1.01. The minimum Gasteiger partial charge on any atom is -0.497 e. The molecule has 0 aliphatic rings. The molecule has 6 heteroatoms. The number of carboxylic acid groups (broad SMARTS) is 1. The fourth-order valence-electron chi connectivity index (χ4n) is 2.17. The molecule has 0 spiro atoms. The van der Waals surface area contributed by atoms with Gasteiger partial charge in [0.2, 0.25) is 5.91 Å². The maximum absolute atomic E-state index is 12.0. The Hall–Kier alpha value is -2.08. The van der Waals surface area contributed by atoms with Crippen LogP contribution in [-0.2, 0) is 19.9 Å². The van der Waals surface area contributed by atoms with Crippen LogP contribution in [0.25, 0.3) is 0 Å². The third-order valence-corrected chi connectivity index (χ3v) is 3.30. The van der Waals surface area contributed by atoms with Crippen LogP contribution in [0.4, 0.5) is 0 Å². The average molecular weight is 309 g/mol. The van der Waals surface area contributed by atoms with Crippen molar-refractivity contribution >= 4 is 11.9 Å². The number of carboxylic acids is 1. The third kappa shape index (κ3) is 5.37. The molecule has 0 radical (unpaired) electrons. The number of carbonyl (C=O) groups excluding carboxylic acids is 1.